The van der Waals surface area contributed by atoms with E-state index in [9.17, 15) is 4.79 Å². The van der Waals surface area contributed by atoms with Crippen molar-refractivity contribution >= 4 is 17.4 Å². The van der Waals surface area contributed by atoms with Crippen molar-refractivity contribution in [2.45, 2.75) is 6.10 Å². The van der Waals surface area contributed by atoms with Crippen molar-refractivity contribution in [3.63, 3.8) is 0 Å². The third-order valence-corrected chi connectivity index (χ3v) is 3.63. The Balaban J connectivity index is 1.98. The van der Waals surface area contributed by atoms with Crippen molar-refractivity contribution in [1.82, 2.24) is 5.48 Å². The lowest BCUT2D eigenvalue weighted by Gasteiger charge is -2.13. The molecule has 2 aromatic carbocycles. The van der Waals surface area contributed by atoms with Gasteiger partial charge in [-0.25, -0.2) is 0 Å². The molecule has 106 valence electrons. The van der Waals surface area contributed by atoms with Crippen molar-refractivity contribution in [1.29, 1.82) is 0 Å². The summed E-state index contributed by atoms with van der Waals surface area (Å²) in [5.74, 6) is -0.230. The molecule has 0 saturated heterocycles. The van der Waals surface area contributed by atoms with Crippen LogP contribution < -0.4 is 5.48 Å². The zero-order valence-corrected chi connectivity index (χ0v) is 12.0. The minimum atomic E-state index is -0.302. The van der Waals surface area contributed by atoms with Crippen LogP contribution in [0.1, 0.15) is 11.7 Å². The number of Topliss-reactive ketones (excluding diaryl/α,β-unsaturated/α-hetero) is 1. The van der Waals surface area contributed by atoms with Crippen molar-refractivity contribution < 1.29 is 9.63 Å². The zero-order chi connectivity index (χ0) is 14.7. The number of hydrogen-bond donors (Lipinski definition) is 1. The van der Waals surface area contributed by atoms with E-state index >= 15 is 0 Å². The molecule has 1 heterocycles. The smallest absolute Gasteiger partial charge is 0.195 e. The zero-order valence-electron chi connectivity index (χ0n) is 11.3. The topological polar surface area (TPSA) is 38.3 Å². The summed E-state index contributed by atoms with van der Waals surface area (Å²) in [5, 5.41) is 0. The fraction of sp³-hybridized carbons (Fsp3) is 0.118. The van der Waals surface area contributed by atoms with Gasteiger partial charge in [-0.05, 0) is 22.8 Å². The van der Waals surface area contributed by atoms with Gasteiger partial charge in [0.2, 0.25) is 0 Å². The number of benzene rings is 2. The summed E-state index contributed by atoms with van der Waals surface area (Å²) < 4.78 is 0. The van der Waals surface area contributed by atoms with Gasteiger partial charge in [-0.2, -0.15) is 0 Å². The van der Waals surface area contributed by atoms with Crippen LogP contribution in [0.25, 0.3) is 11.1 Å². The van der Waals surface area contributed by atoms with Gasteiger partial charge < -0.3 is 0 Å². The van der Waals surface area contributed by atoms with E-state index in [1.165, 1.54) is 0 Å². The number of alkyl halides is 1. The molecule has 0 fully saturated rings. The molecule has 0 aliphatic carbocycles. The van der Waals surface area contributed by atoms with Crippen LogP contribution in [0.15, 0.2) is 66.4 Å². The molecule has 0 spiro atoms. The molecule has 4 heteroatoms. The summed E-state index contributed by atoms with van der Waals surface area (Å²) in [6, 6.07) is 18.1. The van der Waals surface area contributed by atoms with Crippen LogP contribution in [0, 0.1) is 0 Å². The highest BCUT2D eigenvalue weighted by Crippen LogP contribution is 2.33. The van der Waals surface area contributed by atoms with Crippen molar-refractivity contribution in [2.75, 3.05) is 5.88 Å². The highest BCUT2D eigenvalue weighted by Gasteiger charge is 2.24. The second-order valence-corrected chi connectivity index (χ2v) is 5.00. The average molecular weight is 300 g/mol. The molecule has 1 aliphatic heterocycles. The monoisotopic (exact) mass is 299 g/mol. The van der Waals surface area contributed by atoms with Gasteiger partial charge in [0.05, 0.1) is 5.88 Å². The van der Waals surface area contributed by atoms with Gasteiger partial charge in [-0.1, -0.05) is 54.6 Å². The Morgan fingerprint density at radius 3 is 2.57 bits per heavy atom. The first kappa shape index (κ1) is 13.9. The van der Waals surface area contributed by atoms with Gasteiger partial charge in [0.25, 0.3) is 0 Å². The summed E-state index contributed by atoms with van der Waals surface area (Å²) in [4.78, 5) is 17.1. The molecule has 1 aliphatic rings. The van der Waals surface area contributed by atoms with Crippen LogP contribution in [-0.2, 0) is 9.63 Å². The lowest BCUT2D eigenvalue weighted by molar-refractivity contribution is -0.114. The van der Waals surface area contributed by atoms with Crippen LogP contribution in [0.2, 0.25) is 0 Å². The van der Waals surface area contributed by atoms with Gasteiger partial charge in [0.1, 0.15) is 11.8 Å². The number of hydrogen-bond acceptors (Lipinski definition) is 3. The maximum Gasteiger partial charge on any atom is 0.195 e. The van der Waals surface area contributed by atoms with Crippen molar-refractivity contribution in [3.8, 4) is 11.1 Å². The van der Waals surface area contributed by atoms with E-state index in [1.54, 1.807) is 6.08 Å². The van der Waals surface area contributed by atoms with E-state index in [0.29, 0.717) is 5.70 Å². The highest BCUT2D eigenvalue weighted by molar-refractivity contribution is 6.30. The predicted molar refractivity (Wildman–Crippen MR) is 82.6 cm³/mol. The summed E-state index contributed by atoms with van der Waals surface area (Å²) in [5.41, 5.74) is 6.28. The first-order valence-corrected chi connectivity index (χ1v) is 7.20. The second-order valence-electron chi connectivity index (χ2n) is 4.73. The fourth-order valence-corrected chi connectivity index (χ4v) is 2.49. The first-order chi connectivity index (χ1) is 10.3. The van der Waals surface area contributed by atoms with Gasteiger partial charge >= 0.3 is 0 Å². The van der Waals surface area contributed by atoms with E-state index < -0.39 is 0 Å². The molecule has 0 amide bonds. The molecular weight excluding hydrogens is 286 g/mol. The normalized spacial score (nSPS) is 17.2. The highest BCUT2D eigenvalue weighted by atomic mass is 35.5. The third-order valence-electron chi connectivity index (χ3n) is 3.39. The van der Waals surface area contributed by atoms with E-state index in [0.717, 1.165) is 16.7 Å². The van der Waals surface area contributed by atoms with E-state index in [1.807, 2.05) is 42.5 Å². The number of carbonyl (C=O) groups excluding carboxylic acids is 1. The van der Waals surface area contributed by atoms with E-state index in [-0.39, 0.29) is 17.8 Å². The Morgan fingerprint density at radius 1 is 1.10 bits per heavy atom. The van der Waals surface area contributed by atoms with Gasteiger partial charge in [0, 0.05) is 0 Å². The van der Waals surface area contributed by atoms with E-state index in [4.69, 9.17) is 16.4 Å². The second kappa shape index (κ2) is 6.12. The first-order valence-electron chi connectivity index (χ1n) is 6.66. The average Bonchev–Trinajstić information content (AvgIpc) is 3.05. The standard InChI is InChI=1S/C17H14ClNO2/c18-11-16(20)15-10-17(21-19-15)14-9-5-4-8-13(14)12-6-2-1-3-7-12/h1-10,17,19H,11H2. The Hall–Kier alpha value is -2.10. The molecule has 1 atom stereocenters. The number of hydroxylamine groups is 1. The molecule has 3 rings (SSSR count). The van der Waals surface area contributed by atoms with Crippen LogP contribution >= 0.6 is 11.6 Å². The number of rotatable bonds is 4. The molecule has 0 radical (unpaired) electrons. The molecule has 21 heavy (non-hydrogen) atoms. The Kier molecular flexibility index (Phi) is 4.04. The minimum absolute atomic E-state index is 0.0603. The Morgan fingerprint density at radius 2 is 1.81 bits per heavy atom. The lowest BCUT2D eigenvalue weighted by Crippen LogP contribution is -2.16. The van der Waals surface area contributed by atoms with Crippen molar-refractivity contribution in [2.24, 2.45) is 0 Å². The molecule has 1 N–H and O–H groups in total. The molecule has 2 aromatic rings. The Bertz CT molecular complexity index is 682. The van der Waals surface area contributed by atoms with E-state index in [2.05, 4.69) is 17.6 Å². The minimum Gasteiger partial charge on any atom is -0.291 e. The van der Waals surface area contributed by atoms with Crippen LogP contribution in [0.4, 0.5) is 0 Å². The number of carbonyl (C=O) groups is 1. The van der Waals surface area contributed by atoms with Crippen LogP contribution in [0.5, 0.6) is 0 Å². The maximum absolute atomic E-state index is 11.6. The van der Waals surface area contributed by atoms with Crippen LogP contribution in [0.3, 0.4) is 0 Å². The summed E-state index contributed by atoms with van der Waals surface area (Å²) in [6.07, 6.45) is 1.47. The molecule has 1 unspecified atom stereocenters. The van der Waals surface area contributed by atoms with Crippen LogP contribution in [-0.4, -0.2) is 11.7 Å². The SMILES string of the molecule is O=C(CCl)C1=CC(c2ccccc2-c2ccccc2)ON1. The molecule has 0 saturated carbocycles. The largest absolute Gasteiger partial charge is 0.291 e. The fourth-order valence-electron chi connectivity index (χ4n) is 2.35. The predicted octanol–water partition coefficient (Wildman–Crippen LogP) is 3.62. The summed E-state index contributed by atoms with van der Waals surface area (Å²) >= 11 is 5.57. The van der Waals surface area contributed by atoms with Gasteiger partial charge in [0.15, 0.2) is 5.78 Å². The number of halogens is 1. The summed E-state index contributed by atoms with van der Waals surface area (Å²) in [7, 11) is 0. The Labute approximate surface area is 128 Å². The lowest BCUT2D eigenvalue weighted by atomic mass is 9.96. The quantitative estimate of drug-likeness (QED) is 0.876. The molecule has 3 nitrogen and oxygen atoms in total. The van der Waals surface area contributed by atoms with Gasteiger partial charge in [-0.3, -0.25) is 15.1 Å². The maximum atomic E-state index is 11.6. The molecular formula is C17H14ClNO2. The van der Waals surface area contributed by atoms with Gasteiger partial charge in [-0.15, -0.1) is 11.6 Å². The number of ketones is 1. The summed E-state index contributed by atoms with van der Waals surface area (Å²) in [6.45, 7) is 0. The third kappa shape index (κ3) is 2.84. The van der Waals surface area contributed by atoms with Crippen molar-refractivity contribution in [3.05, 3.63) is 71.9 Å². The number of nitrogens with one attached hydrogen (secondary N) is 1. The molecule has 0 bridgehead atoms. The molecule has 0 aromatic heterocycles. The number of allylic oxidation sites excluding steroid dienone is 1.